The Bertz CT molecular complexity index is 282. The Kier molecular flexibility index (Phi) is 3.83. The summed E-state index contributed by atoms with van der Waals surface area (Å²) in [7, 11) is 0. The van der Waals surface area contributed by atoms with Gasteiger partial charge in [-0.2, -0.15) is 0 Å². The molecule has 2 heteroatoms. The maximum atomic E-state index is 4.96. The summed E-state index contributed by atoms with van der Waals surface area (Å²) < 4.78 is 0. The van der Waals surface area contributed by atoms with Crippen molar-refractivity contribution in [3.63, 3.8) is 0 Å². The highest BCUT2D eigenvalue weighted by Gasteiger charge is 2.40. The maximum Gasteiger partial charge on any atom is 0.0530 e. The smallest absolute Gasteiger partial charge is 0.0530 e. The summed E-state index contributed by atoms with van der Waals surface area (Å²) in [5.74, 6) is 2.62. The lowest BCUT2D eigenvalue weighted by Gasteiger charge is -2.44. The van der Waals surface area contributed by atoms with Gasteiger partial charge < -0.3 is 5.48 Å². The van der Waals surface area contributed by atoms with E-state index in [4.69, 9.17) is 4.99 Å². The Labute approximate surface area is 99.8 Å². The SMILES string of the molecule is CC1=NC2CC(C)C(C)CC2CC1(C)C.O. The number of aliphatic imine (C=N–C) groups is 1. The molecule has 1 aliphatic heterocycles. The van der Waals surface area contributed by atoms with Gasteiger partial charge in [0.05, 0.1) is 6.04 Å². The number of nitrogens with zero attached hydrogens (tertiary/aromatic N) is 1. The number of hydrogen-bond donors (Lipinski definition) is 0. The van der Waals surface area contributed by atoms with Crippen molar-refractivity contribution >= 4 is 5.71 Å². The summed E-state index contributed by atoms with van der Waals surface area (Å²) >= 11 is 0. The van der Waals surface area contributed by atoms with Gasteiger partial charge in [0, 0.05) is 11.1 Å². The van der Waals surface area contributed by atoms with Crippen LogP contribution in [0.4, 0.5) is 0 Å². The molecule has 0 radical (unpaired) electrons. The predicted octanol–water partition coefficient (Wildman–Crippen LogP) is 3.10. The van der Waals surface area contributed by atoms with Crippen LogP contribution in [0.1, 0.15) is 53.9 Å². The Morgan fingerprint density at radius 1 is 1.12 bits per heavy atom. The molecule has 0 spiro atoms. The Hall–Kier alpha value is -0.370. The van der Waals surface area contributed by atoms with E-state index >= 15 is 0 Å². The van der Waals surface area contributed by atoms with E-state index in [1.54, 1.807) is 0 Å². The van der Waals surface area contributed by atoms with Crippen molar-refractivity contribution in [2.75, 3.05) is 0 Å². The van der Waals surface area contributed by atoms with Crippen molar-refractivity contribution in [3.05, 3.63) is 0 Å². The molecular formula is C14H27NO. The predicted molar refractivity (Wildman–Crippen MR) is 70.0 cm³/mol. The summed E-state index contributed by atoms with van der Waals surface area (Å²) in [6.07, 6.45) is 4.06. The van der Waals surface area contributed by atoms with E-state index in [1.807, 2.05) is 0 Å². The molecule has 1 heterocycles. The highest BCUT2D eigenvalue weighted by atomic mass is 16.0. The average Bonchev–Trinajstić information content (AvgIpc) is 2.11. The van der Waals surface area contributed by atoms with Crippen LogP contribution in [0.5, 0.6) is 0 Å². The minimum atomic E-state index is 0. The zero-order valence-corrected chi connectivity index (χ0v) is 11.4. The van der Waals surface area contributed by atoms with Crippen molar-refractivity contribution in [1.82, 2.24) is 0 Å². The summed E-state index contributed by atoms with van der Waals surface area (Å²) in [5.41, 5.74) is 1.73. The Balaban J connectivity index is 0.00000128. The molecule has 4 unspecified atom stereocenters. The Morgan fingerprint density at radius 3 is 2.31 bits per heavy atom. The van der Waals surface area contributed by atoms with Crippen LogP contribution in [0.25, 0.3) is 0 Å². The van der Waals surface area contributed by atoms with Gasteiger partial charge in [0.1, 0.15) is 0 Å². The summed E-state index contributed by atoms with van der Waals surface area (Å²) in [5, 5.41) is 0. The first-order valence-electron chi connectivity index (χ1n) is 6.45. The second-order valence-electron chi connectivity index (χ2n) is 6.56. The molecule has 2 rings (SSSR count). The van der Waals surface area contributed by atoms with Crippen LogP contribution in [0.2, 0.25) is 0 Å². The van der Waals surface area contributed by atoms with Crippen LogP contribution in [0, 0.1) is 23.2 Å². The zero-order chi connectivity index (χ0) is 11.2. The molecule has 1 saturated carbocycles. The van der Waals surface area contributed by atoms with E-state index in [0.717, 1.165) is 17.8 Å². The second kappa shape index (κ2) is 4.48. The molecular weight excluding hydrogens is 198 g/mol. The second-order valence-corrected chi connectivity index (χ2v) is 6.56. The topological polar surface area (TPSA) is 43.9 Å². The van der Waals surface area contributed by atoms with E-state index in [1.165, 1.54) is 25.0 Å². The standard InChI is InChI=1S/C14H25N.H2O/c1-9-6-12-8-14(4,5)11(3)15-13(12)7-10(9)2;/h9-10,12-13H,6-8H2,1-5H3;1H2. The third-order valence-electron chi connectivity index (χ3n) is 4.91. The van der Waals surface area contributed by atoms with Crippen molar-refractivity contribution in [1.29, 1.82) is 0 Å². The molecule has 4 atom stereocenters. The molecule has 2 aliphatic rings. The minimum Gasteiger partial charge on any atom is -0.412 e. The summed E-state index contributed by atoms with van der Waals surface area (Å²) in [6.45, 7) is 11.7. The van der Waals surface area contributed by atoms with Crippen LogP contribution in [0.3, 0.4) is 0 Å². The van der Waals surface area contributed by atoms with Gasteiger partial charge >= 0.3 is 0 Å². The van der Waals surface area contributed by atoms with Crippen LogP contribution < -0.4 is 0 Å². The van der Waals surface area contributed by atoms with Crippen molar-refractivity contribution < 1.29 is 5.48 Å². The number of fused-ring (bicyclic) bond motifs is 1. The van der Waals surface area contributed by atoms with Gasteiger partial charge in [-0.05, 0) is 43.9 Å². The van der Waals surface area contributed by atoms with Gasteiger partial charge in [-0.25, -0.2) is 0 Å². The fourth-order valence-electron chi connectivity index (χ4n) is 3.28. The largest absolute Gasteiger partial charge is 0.412 e. The van der Waals surface area contributed by atoms with E-state index < -0.39 is 0 Å². The highest BCUT2D eigenvalue weighted by Crippen LogP contribution is 2.44. The molecule has 2 nitrogen and oxygen atoms in total. The molecule has 0 aromatic heterocycles. The molecule has 1 aliphatic carbocycles. The van der Waals surface area contributed by atoms with Crippen molar-refractivity contribution in [3.8, 4) is 0 Å². The number of rotatable bonds is 0. The monoisotopic (exact) mass is 225 g/mol. The molecule has 16 heavy (non-hydrogen) atoms. The van der Waals surface area contributed by atoms with Crippen LogP contribution in [-0.4, -0.2) is 17.2 Å². The first-order chi connectivity index (χ1) is 6.90. The fourth-order valence-corrected chi connectivity index (χ4v) is 3.28. The lowest BCUT2D eigenvalue weighted by atomic mass is 9.65. The lowest BCUT2D eigenvalue weighted by Crippen LogP contribution is -2.41. The quantitative estimate of drug-likeness (QED) is 0.608. The van der Waals surface area contributed by atoms with Gasteiger partial charge in [-0.15, -0.1) is 0 Å². The molecule has 0 saturated heterocycles. The van der Waals surface area contributed by atoms with Crippen LogP contribution >= 0.6 is 0 Å². The minimum absolute atomic E-state index is 0. The summed E-state index contributed by atoms with van der Waals surface area (Å²) in [4.78, 5) is 4.96. The molecule has 1 fully saturated rings. The van der Waals surface area contributed by atoms with Gasteiger partial charge in [0.15, 0.2) is 0 Å². The normalized spacial score (nSPS) is 41.7. The van der Waals surface area contributed by atoms with Gasteiger partial charge in [0.25, 0.3) is 0 Å². The van der Waals surface area contributed by atoms with E-state index in [0.29, 0.717) is 11.5 Å². The highest BCUT2D eigenvalue weighted by molar-refractivity contribution is 5.88. The molecule has 0 bridgehead atoms. The van der Waals surface area contributed by atoms with E-state index in [9.17, 15) is 0 Å². The zero-order valence-electron chi connectivity index (χ0n) is 11.4. The number of hydrogen-bond acceptors (Lipinski definition) is 1. The lowest BCUT2D eigenvalue weighted by molar-refractivity contribution is 0.140. The van der Waals surface area contributed by atoms with Gasteiger partial charge in [-0.1, -0.05) is 27.7 Å². The third kappa shape index (κ3) is 2.32. The average molecular weight is 225 g/mol. The van der Waals surface area contributed by atoms with Gasteiger partial charge in [0.2, 0.25) is 0 Å². The molecule has 94 valence electrons. The van der Waals surface area contributed by atoms with Gasteiger partial charge in [-0.3, -0.25) is 4.99 Å². The molecule has 0 amide bonds. The van der Waals surface area contributed by atoms with Crippen LogP contribution in [0.15, 0.2) is 4.99 Å². The molecule has 2 N–H and O–H groups in total. The maximum absolute atomic E-state index is 4.96. The van der Waals surface area contributed by atoms with Crippen molar-refractivity contribution in [2.24, 2.45) is 28.2 Å². The molecule has 0 aromatic rings. The fraction of sp³-hybridized carbons (Fsp3) is 0.929. The van der Waals surface area contributed by atoms with Crippen LogP contribution in [-0.2, 0) is 0 Å². The Morgan fingerprint density at radius 2 is 1.69 bits per heavy atom. The summed E-state index contributed by atoms with van der Waals surface area (Å²) in [6, 6.07) is 0.643. The third-order valence-corrected chi connectivity index (χ3v) is 4.91. The van der Waals surface area contributed by atoms with E-state index in [-0.39, 0.29) is 5.48 Å². The molecule has 0 aromatic carbocycles. The first-order valence-corrected chi connectivity index (χ1v) is 6.45. The van der Waals surface area contributed by atoms with Crippen molar-refractivity contribution in [2.45, 2.75) is 59.9 Å². The van der Waals surface area contributed by atoms with E-state index in [2.05, 4.69) is 34.6 Å². The first kappa shape index (κ1) is 13.7.